The van der Waals surface area contributed by atoms with Crippen LogP contribution in [0.2, 0.25) is 0 Å². The molecule has 2 aliphatic rings. The van der Waals surface area contributed by atoms with E-state index >= 15 is 0 Å². The van der Waals surface area contributed by atoms with Gasteiger partial charge in [-0.3, -0.25) is 9.69 Å². The van der Waals surface area contributed by atoms with Crippen LogP contribution in [0.4, 0.5) is 0 Å². The van der Waals surface area contributed by atoms with Crippen molar-refractivity contribution in [1.29, 1.82) is 0 Å². The summed E-state index contributed by atoms with van der Waals surface area (Å²) in [4.78, 5) is 14.3. The minimum atomic E-state index is -0.429. The molecule has 0 aromatic carbocycles. The van der Waals surface area contributed by atoms with Crippen LogP contribution >= 0.6 is 0 Å². The fourth-order valence-corrected chi connectivity index (χ4v) is 2.88. The molecule has 0 amide bonds. The highest BCUT2D eigenvalue weighted by Gasteiger charge is 2.55. The zero-order chi connectivity index (χ0) is 12.3. The first-order chi connectivity index (χ1) is 8.23. The van der Waals surface area contributed by atoms with E-state index in [1.54, 1.807) is 7.11 Å². The SMILES string of the molecule is COC(=O)C1(N2CCCNCC2)CC(OC)C1. The fraction of sp³-hybridized carbons (Fsp3) is 0.917. The molecular formula is C12H22N2O3. The van der Waals surface area contributed by atoms with Gasteiger partial charge in [0.2, 0.25) is 0 Å². The summed E-state index contributed by atoms with van der Waals surface area (Å²) in [6.45, 7) is 3.84. The number of rotatable bonds is 3. The third-order valence-electron chi connectivity index (χ3n) is 3.97. The van der Waals surface area contributed by atoms with E-state index in [1.807, 2.05) is 0 Å². The first-order valence-corrected chi connectivity index (χ1v) is 6.30. The van der Waals surface area contributed by atoms with Crippen LogP contribution in [0.1, 0.15) is 19.3 Å². The van der Waals surface area contributed by atoms with Crippen molar-refractivity contribution in [2.24, 2.45) is 0 Å². The molecule has 98 valence electrons. The number of carbonyl (C=O) groups is 1. The highest BCUT2D eigenvalue weighted by Crippen LogP contribution is 2.40. The lowest BCUT2D eigenvalue weighted by atomic mass is 9.72. The Balaban J connectivity index is 2.07. The molecule has 1 saturated heterocycles. The first-order valence-electron chi connectivity index (χ1n) is 6.30. The van der Waals surface area contributed by atoms with Gasteiger partial charge in [-0.2, -0.15) is 0 Å². The number of esters is 1. The van der Waals surface area contributed by atoms with Gasteiger partial charge in [0, 0.05) is 39.6 Å². The number of hydrogen-bond acceptors (Lipinski definition) is 5. The Morgan fingerprint density at radius 3 is 2.71 bits per heavy atom. The van der Waals surface area contributed by atoms with Crippen molar-refractivity contribution >= 4 is 5.97 Å². The van der Waals surface area contributed by atoms with Gasteiger partial charge in [-0.1, -0.05) is 0 Å². The standard InChI is InChI=1S/C12H22N2O3/c1-16-10-8-12(9-10,11(15)17-2)14-6-3-4-13-5-7-14/h10,13H,3-9H2,1-2H3. The number of nitrogens with zero attached hydrogens (tertiary/aromatic N) is 1. The predicted octanol–water partition coefficient (Wildman–Crippen LogP) is 0.00230. The second-order valence-electron chi connectivity index (χ2n) is 4.88. The van der Waals surface area contributed by atoms with Gasteiger partial charge in [0.15, 0.2) is 0 Å². The van der Waals surface area contributed by atoms with Gasteiger partial charge in [-0.25, -0.2) is 0 Å². The maximum atomic E-state index is 12.0. The van der Waals surface area contributed by atoms with Crippen molar-refractivity contribution < 1.29 is 14.3 Å². The van der Waals surface area contributed by atoms with Crippen LogP contribution in [-0.4, -0.2) is 62.9 Å². The second-order valence-corrected chi connectivity index (χ2v) is 4.88. The maximum absolute atomic E-state index is 12.0. The molecule has 17 heavy (non-hydrogen) atoms. The van der Waals surface area contributed by atoms with Crippen molar-refractivity contribution in [3.8, 4) is 0 Å². The molecule has 5 nitrogen and oxygen atoms in total. The lowest BCUT2D eigenvalue weighted by molar-refractivity contribution is -0.174. The molecule has 0 atom stereocenters. The maximum Gasteiger partial charge on any atom is 0.326 e. The van der Waals surface area contributed by atoms with Crippen molar-refractivity contribution in [2.45, 2.75) is 30.9 Å². The van der Waals surface area contributed by atoms with E-state index in [2.05, 4.69) is 10.2 Å². The lowest BCUT2D eigenvalue weighted by Gasteiger charge is -2.50. The molecule has 0 aromatic heterocycles. The van der Waals surface area contributed by atoms with Crippen molar-refractivity contribution in [1.82, 2.24) is 10.2 Å². The van der Waals surface area contributed by atoms with E-state index < -0.39 is 5.54 Å². The summed E-state index contributed by atoms with van der Waals surface area (Å²) in [6, 6.07) is 0. The third-order valence-corrected chi connectivity index (χ3v) is 3.97. The van der Waals surface area contributed by atoms with Crippen molar-refractivity contribution in [2.75, 3.05) is 40.4 Å². The zero-order valence-corrected chi connectivity index (χ0v) is 10.7. The molecule has 0 radical (unpaired) electrons. The Hall–Kier alpha value is -0.650. The van der Waals surface area contributed by atoms with Crippen molar-refractivity contribution in [3.05, 3.63) is 0 Å². The number of ether oxygens (including phenoxy) is 2. The molecule has 1 saturated carbocycles. The van der Waals surface area contributed by atoms with E-state index in [-0.39, 0.29) is 12.1 Å². The summed E-state index contributed by atoms with van der Waals surface area (Å²) in [6.07, 6.45) is 2.80. The molecule has 2 fully saturated rings. The largest absolute Gasteiger partial charge is 0.468 e. The minimum Gasteiger partial charge on any atom is -0.468 e. The average molecular weight is 242 g/mol. The molecular weight excluding hydrogens is 220 g/mol. The summed E-state index contributed by atoms with van der Waals surface area (Å²) in [5.74, 6) is -0.104. The summed E-state index contributed by atoms with van der Waals surface area (Å²) in [7, 11) is 3.18. The van der Waals surface area contributed by atoms with Crippen LogP contribution in [-0.2, 0) is 14.3 Å². The highest BCUT2D eigenvalue weighted by molar-refractivity contribution is 5.82. The van der Waals surface area contributed by atoms with Crippen LogP contribution in [0.15, 0.2) is 0 Å². The number of hydrogen-bond donors (Lipinski definition) is 1. The Morgan fingerprint density at radius 2 is 2.06 bits per heavy atom. The van der Waals surface area contributed by atoms with Crippen LogP contribution in [0.3, 0.4) is 0 Å². The number of nitrogens with one attached hydrogen (secondary N) is 1. The smallest absolute Gasteiger partial charge is 0.326 e. The van der Waals surface area contributed by atoms with Crippen LogP contribution < -0.4 is 5.32 Å². The average Bonchev–Trinajstić information content (AvgIpc) is 2.57. The summed E-state index contributed by atoms with van der Waals surface area (Å²) < 4.78 is 10.3. The Bertz CT molecular complexity index is 269. The Morgan fingerprint density at radius 1 is 1.29 bits per heavy atom. The molecule has 1 N–H and O–H groups in total. The zero-order valence-electron chi connectivity index (χ0n) is 10.7. The van der Waals surface area contributed by atoms with E-state index in [4.69, 9.17) is 9.47 Å². The van der Waals surface area contributed by atoms with Gasteiger partial charge in [-0.05, 0) is 13.0 Å². The monoisotopic (exact) mass is 242 g/mol. The lowest BCUT2D eigenvalue weighted by Crippen LogP contribution is -2.65. The molecule has 0 bridgehead atoms. The Kier molecular flexibility index (Phi) is 4.01. The molecule has 1 heterocycles. The second kappa shape index (κ2) is 5.33. The summed E-state index contributed by atoms with van der Waals surface area (Å²) in [5.41, 5.74) is -0.429. The molecule has 2 rings (SSSR count). The first kappa shape index (κ1) is 12.8. The van der Waals surface area contributed by atoms with Gasteiger partial charge in [-0.15, -0.1) is 0 Å². The van der Waals surface area contributed by atoms with E-state index in [0.29, 0.717) is 0 Å². The van der Waals surface area contributed by atoms with E-state index in [9.17, 15) is 4.79 Å². The number of methoxy groups -OCH3 is 2. The van der Waals surface area contributed by atoms with Crippen molar-refractivity contribution in [3.63, 3.8) is 0 Å². The summed E-state index contributed by atoms with van der Waals surface area (Å²) in [5, 5.41) is 3.35. The van der Waals surface area contributed by atoms with E-state index in [0.717, 1.165) is 45.4 Å². The van der Waals surface area contributed by atoms with Crippen LogP contribution in [0, 0.1) is 0 Å². The van der Waals surface area contributed by atoms with Crippen LogP contribution in [0.5, 0.6) is 0 Å². The minimum absolute atomic E-state index is 0.104. The van der Waals surface area contributed by atoms with Crippen LogP contribution in [0.25, 0.3) is 0 Å². The fourth-order valence-electron chi connectivity index (χ4n) is 2.88. The molecule has 0 unspecified atom stereocenters. The van der Waals surface area contributed by atoms with Gasteiger partial charge in [0.1, 0.15) is 5.54 Å². The van der Waals surface area contributed by atoms with Gasteiger partial charge in [0.05, 0.1) is 13.2 Å². The van der Waals surface area contributed by atoms with Gasteiger partial charge < -0.3 is 14.8 Å². The quantitative estimate of drug-likeness (QED) is 0.706. The summed E-state index contributed by atoms with van der Waals surface area (Å²) >= 11 is 0. The predicted molar refractivity (Wildman–Crippen MR) is 63.8 cm³/mol. The van der Waals surface area contributed by atoms with Gasteiger partial charge >= 0.3 is 5.97 Å². The molecule has 0 aromatic rings. The number of carbonyl (C=O) groups excluding carboxylic acids is 1. The third kappa shape index (κ3) is 2.32. The molecule has 1 aliphatic carbocycles. The molecule has 1 aliphatic heterocycles. The topological polar surface area (TPSA) is 50.8 Å². The normalized spacial score (nSPS) is 34.8. The Labute approximate surface area is 102 Å². The molecule has 0 spiro atoms. The highest BCUT2D eigenvalue weighted by atomic mass is 16.5. The van der Waals surface area contributed by atoms with Gasteiger partial charge in [0.25, 0.3) is 0 Å². The van der Waals surface area contributed by atoms with E-state index in [1.165, 1.54) is 7.11 Å². The molecule has 5 heteroatoms.